The zero-order valence-electron chi connectivity index (χ0n) is 13.3. The molecular formula is C16H31NO3. The zero-order chi connectivity index (χ0) is 14.6. The summed E-state index contributed by atoms with van der Waals surface area (Å²) in [5.74, 6) is 0.722. The van der Waals surface area contributed by atoms with Crippen LogP contribution < -0.4 is 0 Å². The van der Waals surface area contributed by atoms with E-state index in [9.17, 15) is 5.11 Å². The molecule has 0 bridgehead atoms. The van der Waals surface area contributed by atoms with E-state index in [1.54, 1.807) is 0 Å². The minimum Gasteiger partial charge on any atom is -0.389 e. The highest BCUT2D eigenvalue weighted by atomic mass is 16.5. The molecule has 0 amide bonds. The molecule has 0 aromatic rings. The molecule has 1 heterocycles. The molecule has 0 aromatic heterocycles. The van der Waals surface area contributed by atoms with Crippen LogP contribution in [0.4, 0.5) is 0 Å². The maximum Gasteiger partial charge on any atom is 0.0900 e. The van der Waals surface area contributed by atoms with Gasteiger partial charge >= 0.3 is 0 Å². The Bertz CT molecular complexity index is 289. The summed E-state index contributed by atoms with van der Waals surface area (Å²) in [6.45, 7) is 11.5. The average Bonchev–Trinajstić information content (AvgIpc) is 2.35. The topological polar surface area (TPSA) is 41.9 Å². The second kappa shape index (κ2) is 7.21. The smallest absolute Gasteiger partial charge is 0.0900 e. The van der Waals surface area contributed by atoms with Gasteiger partial charge in [0.05, 0.1) is 32.0 Å². The third-order valence-electron chi connectivity index (χ3n) is 4.44. The van der Waals surface area contributed by atoms with E-state index in [-0.39, 0.29) is 6.10 Å². The molecule has 1 saturated carbocycles. The van der Waals surface area contributed by atoms with Gasteiger partial charge in [-0.25, -0.2) is 0 Å². The van der Waals surface area contributed by atoms with Crippen LogP contribution in [-0.4, -0.2) is 61.7 Å². The molecule has 2 rings (SSSR count). The lowest BCUT2D eigenvalue weighted by Crippen LogP contribution is -2.43. The van der Waals surface area contributed by atoms with Gasteiger partial charge < -0.3 is 14.6 Å². The van der Waals surface area contributed by atoms with Crippen molar-refractivity contribution in [1.29, 1.82) is 0 Å². The van der Waals surface area contributed by atoms with E-state index < -0.39 is 0 Å². The second-order valence-electron chi connectivity index (χ2n) is 7.44. The second-order valence-corrected chi connectivity index (χ2v) is 7.44. The van der Waals surface area contributed by atoms with Crippen molar-refractivity contribution in [2.24, 2.45) is 11.3 Å². The van der Waals surface area contributed by atoms with Gasteiger partial charge in [-0.05, 0) is 30.6 Å². The van der Waals surface area contributed by atoms with Gasteiger partial charge in [-0.2, -0.15) is 0 Å². The first-order valence-corrected chi connectivity index (χ1v) is 8.04. The highest BCUT2D eigenvalue weighted by molar-refractivity contribution is 4.83. The lowest BCUT2D eigenvalue weighted by atomic mass is 9.71. The lowest BCUT2D eigenvalue weighted by Gasteiger charge is -2.39. The first-order valence-electron chi connectivity index (χ1n) is 8.04. The number of nitrogens with zero attached hydrogens (tertiary/aromatic N) is 1. The number of morpholine rings is 1. The van der Waals surface area contributed by atoms with E-state index in [4.69, 9.17) is 9.47 Å². The van der Waals surface area contributed by atoms with Crippen molar-refractivity contribution in [3.8, 4) is 0 Å². The molecule has 3 atom stereocenters. The normalized spacial score (nSPS) is 33.0. The van der Waals surface area contributed by atoms with Gasteiger partial charge in [-0.15, -0.1) is 0 Å². The Morgan fingerprint density at radius 2 is 2.00 bits per heavy atom. The minimum atomic E-state index is -0.381. The third-order valence-corrected chi connectivity index (χ3v) is 4.44. The van der Waals surface area contributed by atoms with Crippen LogP contribution in [0.25, 0.3) is 0 Å². The molecule has 2 aliphatic rings. The molecule has 1 N–H and O–H groups in total. The van der Waals surface area contributed by atoms with Crippen molar-refractivity contribution >= 4 is 0 Å². The Hall–Kier alpha value is -0.160. The summed E-state index contributed by atoms with van der Waals surface area (Å²) >= 11 is 0. The number of rotatable bonds is 5. The molecule has 1 saturated heterocycles. The maximum absolute atomic E-state index is 10.1. The van der Waals surface area contributed by atoms with Crippen molar-refractivity contribution in [2.75, 3.05) is 39.5 Å². The van der Waals surface area contributed by atoms with Crippen LogP contribution in [0, 0.1) is 11.3 Å². The van der Waals surface area contributed by atoms with E-state index >= 15 is 0 Å². The predicted octanol–water partition coefficient (Wildman–Crippen LogP) is 1.91. The number of hydrogen-bond acceptors (Lipinski definition) is 4. The van der Waals surface area contributed by atoms with Crippen LogP contribution >= 0.6 is 0 Å². The number of hydrogen-bond donors (Lipinski definition) is 1. The van der Waals surface area contributed by atoms with Crippen LogP contribution in [0.15, 0.2) is 0 Å². The van der Waals surface area contributed by atoms with Crippen molar-refractivity contribution in [3.05, 3.63) is 0 Å². The molecule has 0 unspecified atom stereocenters. The molecular weight excluding hydrogens is 254 g/mol. The van der Waals surface area contributed by atoms with Gasteiger partial charge in [0.15, 0.2) is 0 Å². The van der Waals surface area contributed by atoms with Gasteiger partial charge in [0.25, 0.3) is 0 Å². The summed E-state index contributed by atoms with van der Waals surface area (Å²) in [7, 11) is 0. The van der Waals surface area contributed by atoms with Gasteiger partial charge in [0.1, 0.15) is 0 Å². The summed E-state index contributed by atoms with van der Waals surface area (Å²) in [4.78, 5) is 2.25. The molecule has 4 nitrogen and oxygen atoms in total. The highest BCUT2D eigenvalue weighted by Crippen LogP contribution is 2.39. The average molecular weight is 285 g/mol. The van der Waals surface area contributed by atoms with E-state index in [1.807, 2.05) is 0 Å². The highest BCUT2D eigenvalue weighted by Gasteiger charge is 2.32. The largest absolute Gasteiger partial charge is 0.389 e. The van der Waals surface area contributed by atoms with Gasteiger partial charge in [0.2, 0.25) is 0 Å². The van der Waals surface area contributed by atoms with Crippen molar-refractivity contribution in [1.82, 2.24) is 4.90 Å². The Morgan fingerprint density at radius 1 is 1.30 bits per heavy atom. The molecule has 20 heavy (non-hydrogen) atoms. The monoisotopic (exact) mass is 285 g/mol. The Morgan fingerprint density at radius 3 is 2.65 bits per heavy atom. The number of aliphatic hydroxyl groups excluding tert-OH is 1. The molecule has 1 aliphatic heterocycles. The Balaban J connectivity index is 1.68. The molecule has 1 aliphatic carbocycles. The fraction of sp³-hybridized carbons (Fsp3) is 1.00. The molecule has 0 radical (unpaired) electrons. The van der Waals surface area contributed by atoms with Crippen LogP contribution in [0.2, 0.25) is 0 Å². The minimum absolute atomic E-state index is 0.313. The van der Waals surface area contributed by atoms with Crippen molar-refractivity contribution < 1.29 is 14.6 Å². The first-order chi connectivity index (χ1) is 9.44. The first kappa shape index (κ1) is 16.2. The fourth-order valence-corrected chi connectivity index (χ4v) is 3.77. The molecule has 0 spiro atoms. The Kier molecular flexibility index (Phi) is 5.84. The molecule has 2 fully saturated rings. The summed E-state index contributed by atoms with van der Waals surface area (Å²) in [5.41, 5.74) is 0.373. The summed E-state index contributed by atoms with van der Waals surface area (Å²) in [6, 6.07) is 0. The third kappa shape index (κ3) is 5.32. The van der Waals surface area contributed by atoms with E-state index in [2.05, 4.69) is 25.7 Å². The number of ether oxygens (including phenoxy) is 2. The summed E-state index contributed by atoms with van der Waals surface area (Å²) in [5, 5.41) is 10.1. The SMILES string of the molecule is C[C@@H]1C[C@@H](OC[C@@H](O)CN2CCOCC2)CC(C)(C)C1. The van der Waals surface area contributed by atoms with Crippen LogP contribution in [-0.2, 0) is 9.47 Å². The number of β-amino-alcohol motifs (C(OH)–C–C–N with tert-alkyl or cyclic N) is 1. The quantitative estimate of drug-likeness (QED) is 0.838. The van der Waals surface area contributed by atoms with Crippen LogP contribution in [0.3, 0.4) is 0 Å². The maximum atomic E-state index is 10.1. The number of aliphatic hydroxyl groups is 1. The van der Waals surface area contributed by atoms with E-state index in [0.717, 1.165) is 45.1 Å². The molecule has 118 valence electrons. The molecule has 0 aromatic carbocycles. The van der Waals surface area contributed by atoms with Crippen molar-refractivity contribution in [3.63, 3.8) is 0 Å². The molecule has 4 heteroatoms. The van der Waals surface area contributed by atoms with Gasteiger partial charge in [-0.3, -0.25) is 4.90 Å². The summed E-state index contributed by atoms with van der Waals surface area (Å²) in [6.07, 6.45) is 3.46. The Labute approximate surface area is 123 Å². The fourth-order valence-electron chi connectivity index (χ4n) is 3.77. The van der Waals surface area contributed by atoms with Crippen molar-refractivity contribution in [2.45, 2.75) is 52.2 Å². The predicted molar refractivity (Wildman–Crippen MR) is 79.8 cm³/mol. The van der Waals surface area contributed by atoms with E-state index in [1.165, 1.54) is 6.42 Å². The van der Waals surface area contributed by atoms with Crippen LogP contribution in [0.1, 0.15) is 40.0 Å². The van der Waals surface area contributed by atoms with Crippen LogP contribution in [0.5, 0.6) is 0 Å². The van der Waals surface area contributed by atoms with Gasteiger partial charge in [-0.1, -0.05) is 20.8 Å². The summed E-state index contributed by atoms with van der Waals surface area (Å²) < 4.78 is 11.3. The zero-order valence-corrected chi connectivity index (χ0v) is 13.3. The lowest BCUT2D eigenvalue weighted by molar-refractivity contribution is -0.0670. The van der Waals surface area contributed by atoms with Gasteiger partial charge in [0, 0.05) is 19.6 Å². The van der Waals surface area contributed by atoms with E-state index in [0.29, 0.717) is 24.7 Å². The standard InChI is InChI=1S/C16H31NO3/c1-13-8-15(10-16(2,3)9-13)20-12-14(18)11-17-4-6-19-7-5-17/h13-15,18H,4-12H2,1-3H3/t13-,14+,15-/m1/s1.